The fourth-order valence-electron chi connectivity index (χ4n) is 1.61. The third kappa shape index (κ3) is 5.88. The van der Waals surface area contributed by atoms with Crippen LogP contribution in [0.5, 0.6) is 0 Å². The zero-order chi connectivity index (χ0) is 15.9. The standard InChI is InChI=1S/C12H16N2O6S/c15-12(16)4-2-1-3-9-13-21(19,20)11-7-5-10(6-8-11)14(17)18/h5-8,13H,1-4,9H2,(H,15,16). The largest absolute Gasteiger partial charge is 0.481 e. The third-order valence-electron chi connectivity index (χ3n) is 2.72. The molecule has 0 radical (unpaired) electrons. The average Bonchev–Trinajstić information content (AvgIpc) is 2.42. The van der Waals surface area contributed by atoms with Crippen LogP contribution in [-0.2, 0) is 14.8 Å². The van der Waals surface area contributed by atoms with E-state index in [-0.39, 0.29) is 23.5 Å². The van der Waals surface area contributed by atoms with Gasteiger partial charge in [-0.3, -0.25) is 14.9 Å². The van der Waals surface area contributed by atoms with Crippen molar-refractivity contribution in [1.29, 1.82) is 0 Å². The Morgan fingerprint density at radius 1 is 1.19 bits per heavy atom. The number of nitrogens with one attached hydrogen (secondary N) is 1. The number of non-ortho nitro benzene ring substituents is 1. The SMILES string of the molecule is O=C(O)CCCCCNS(=O)(=O)c1ccc([N+](=O)[O-])cc1. The van der Waals surface area contributed by atoms with Crippen LogP contribution < -0.4 is 4.72 Å². The molecule has 0 fully saturated rings. The summed E-state index contributed by atoms with van der Waals surface area (Å²) < 4.78 is 26.1. The van der Waals surface area contributed by atoms with E-state index in [9.17, 15) is 23.3 Å². The molecule has 0 aliphatic carbocycles. The van der Waals surface area contributed by atoms with Gasteiger partial charge in [0.15, 0.2) is 0 Å². The van der Waals surface area contributed by atoms with Crippen LogP contribution in [0.1, 0.15) is 25.7 Å². The van der Waals surface area contributed by atoms with Crippen molar-refractivity contribution in [3.05, 3.63) is 34.4 Å². The maximum atomic E-state index is 11.9. The smallest absolute Gasteiger partial charge is 0.303 e. The second-order valence-corrected chi connectivity index (χ2v) is 6.12. The molecule has 21 heavy (non-hydrogen) atoms. The van der Waals surface area contributed by atoms with E-state index >= 15 is 0 Å². The van der Waals surface area contributed by atoms with E-state index in [1.54, 1.807) is 0 Å². The number of benzene rings is 1. The van der Waals surface area contributed by atoms with Crippen molar-refractivity contribution in [3.63, 3.8) is 0 Å². The molecule has 0 atom stereocenters. The number of nitro groups is 1. The molecule has 1 rings (SSSR count). The van der Waals surface area contributed by atoms with Gasteiger partial charge in [-0.25, -0.2) is 13.1 Å². The van der Waals surface area contributed by atoms with Gasteiger partial charge >= 0.3 is 5.97 Å². The highest BCUT2D eigenvalue weighted by molar-refractivity contribution is 7.89. The van der Waals surface area contributed by atoms with E-state index < -0.39 is 20.9 Å². The summed E-state index contributed by atoms with van der Waals surface area (Å²) in [7, 11) is -3.70. The highest BCUT2D eigenvalue weighted by atomic mass is 32.2. The van der Waals surface area contributed by atoms with Crippen molar-refractivity contribution in [3.8, 4) is 0 Å². The lowest BCUT2D eigenvalue weighted by Gasteiger charge is -2.06. The number of unbranched alkanes of at least 4 members (excludes halogenated alkanes) is 2. The summed E-state index contributed by atoms with van der Waals surface area (Å²) in [5.74, 6) is -0.874. The summed E-state index contributed by atoms with van der Waals surface area (Å²) in [6.45, 7) is 0.193. The minimum absolute atomic E-state index is 0.0429. The fourth-order valence-corrected chi connectivity index (χ4v) is 2.69. The van der Waals surface area contributed by atoms with Gasteiger partial charge in [-0.1, -0.05) is 6.42 Å². The van der Waals surface area contributed by atoms with Gasteiger partial charge in [-0.05, 0) is 25.0 Å². The Morgan fingerprint density at radius 2 is 1.81 bits per heavy atom. The molecular formula is C12H16N2O6S. The van der Waals surface area contributed by atoms with Crippen LogP contribution in [0.25, 0.3) is 0 Å². The number of rotatable bonds is 9. The predicted molar refractivity (Wildman–Crippen MR) is 74.4 cm³/mol. The van der Waals surface area contributed by atoms with Crippen molar-refractivity contribution in [1.82, 2.24) is 4.72 Å². The topological polar surface area (TPSA) is 127 Å². The first-order chi connectivity index (χ1) is 9.83. The van der Waals surface area contributed by atoms with Crippen LogP contribution in [-0.4, -0.2) is 31.0 Å². The van der Waals surface area contributed by atoms with Crippen LogP contribution in [0.15, 0.2) is 29.2 Å². The lowest BCUT2D eigenvalue weighted by Crippen LogP contribution is -2.24. The molecule has 0 saturated heterocycles. The second-order valence-electron chi connectivity index (χ2n) is 4.35. The van der Waals surface area contributed by atoms with Crippen LogP contribution >= 0.6 is 0 Å². The van der Waals surface area contributed by atoms with Gasteiger partial charge in [0.2, 0.25) is 10.0 Å². The number of sulfonamides is 1. The Labute approximate surface area is 122 Å². The number of aliphatic carboxylic acids is 1. The molecule has 8 nitrogen and oxygen atoms in total. The molecule has 0 aromatic heterocycles. The molecule has 116 valence electrons. The molecule has 0 amide bonds. The monoisotopic (exact) mass is 316 g/mol. The van der Waals surface area contributed by atoms with E-state index in [4.69, 9.17) is 5.11 Å². The Morgan fingerprint density at radius 3 is 2.33 bits per heavy atom. The molecule has 0 aliphatic heterocycles. The number of hydrogen-bond donors (Lipinski definition) is 2. The highest BCUT2D eigenvalue weighted by Gasteiger charge is 2.15. The Hall–Kier alpha value is -2.00. The number of nitro benzene ring substituents is 1. The number of carboxylic acids is 1. The van der Waals surface area contributed by atoms with Crippen LogP contribution in [0.2, 0.25) is 0 Å². The zero-order valence-corrected chi connectivity index (χ0v) is 12.0. The summed E-state index contributed by atoms with van der Waals surface area (Å²) >= 11 is 0. The van der Waals surface area contributed by atoms with Gasteiger partial charge < -0.3 is 5.11 Å². The predicted octanol–water partition coefficient (Wildman–Crippen LogP) is 1.52. The lowest BCUT2D eigenvalue weighted by molar-refractivity contribution is -0.384. The summed E-state index contributed by atoms with van der Waals surface area (Å²) in [6, 6.07) is 4.60. The molecule has 9 heteroatoms. The van der Waals surface area contributed by atoms with Gasteiger partial charge in [-0.15, -0.1) is 0 Å². The molecule has 0 aliphatic rings. The van der Waals surface area contributed by atoms with Crippen molar-refractivity contribution in [2.45, 2.75) is 30.6 Å². The molecule has 1 aromatic carbocycles. The minimum atomic E-state index is -3.70. The molecule has 2 N–H and O–H groups in total. The summed E-state index contributed by atoms with van der Waals surface area (Å²) in [4.78, 5) is 20.1. The van der Waals surface area contributed by atoms with Gasteiger partial charge in [0.05, 0.1) is 9.82 Å². The zero-order valence-electron chi connectivity index (χ0n) is 11.2. The summed E-state index contributed by atoms with van der Waals surface area (Å²) in [5, 5.41) is 18.9. The van der Waals surface area contributed by atoms with E-state index in [1.165, 1.54) is 12.1 Å². The van der Waals surface area contributed by atoms with Crippen LogP contribution in [0.4, 0.5) is 5.69 Å². The van der Waals surface area contributed by atoms with E-state index in [2.05, 4.69) is 4.72 Å². The Kier molecular flexibility index (Phi) is 6.25. The molecule has 0 heterocycles. The first-order valence-corrected chi connectivity index (χ1v) is 7.77. The number of carboxylic acid groups (broad SMARTS) is 1. The van der Waals surface area contributed by atoms with Crippen LogP contribution in [0, 0.1) is 10.1 Å². The molecule has 0 bridgehead atoms. The average molecular weight is 316 g/mol. The van der Waals surface area contributed by atoms with Crippen molar-refractivity contribution in [2.24, 2.45) is 0 Å². The summed E-state index contributed by atoms with van der Waals surface area (Å²) in [5.41, 5.74) is -0.178. The van der Waals surface area contributed by atoms with Crippen molar-refractivity contribution >= 4 is 21.7 Å². The van der Waals surface area contributed by atoms with E-state index in [1.807, 2.05) is 0 Å². The van der Waals surface area contributed by atoms with Gasteiger partial charge in [0.25, 0.3) is 5.69 Å². The highest BCUT2D eigenvalue weighted by Crippen LogP contribution is 2.15. The van der Waals surface area contributed by atoms with Crippen molar-refractivity contribution in [2.75, 3.05) is 6.54 Å². The van der Waals surface area contributed by atoms with Gasteiger partial charge in [0.1, 0.15) is 0 Å². The minimum Gasteiger partial charge on any atom is -0.481 e. The third-order valence-corrected chi connectivity index (χ3v) is 4.19. The van der Waals surface area contributed by atoms with E-state index in [0.29, 0.717) is 19.3 Å². The lowest BCUT2D eigenvalue weighted by atomic mass is 10.2. The Bertz CT molecular complexity index is 597. The first-order valence-electron chi connectivity index (χ1n) is 6.29. The van der Waals surface area contributed by atoms with E-state index in [0.717, 1.165) is 12.1 Å². The quantitative estimate of drug-likeness (QED) is 0.404. The first kappa shape index (κ1) is 17.1. The maximum Gasteiger partial charge on any atom is 0.303 e. The maximum absolute atomic E-state index is 11.9. The molecule has 0 unspecified atom stereocenters. The normalized spacial score (nSPS) is 11.2. The van der Waals surface area contributed by atoms with Gasteiger partial charge in [0, 0.05) is 25.1 Å². The van der Waals surface area contributed by atoms with Crippen molar-refractivity contribution < 1.29 is 23.2 Å². The number of nitrogens with zero attached hydrogens (tertiary/aromatic N) is 1. The summed E-state index contributed by atoms with van der Waals surface area (Å²) in [6.07, 6.45) is 1.69. The fraction of sp³-hybridized carbons (Fsp3) is 0.417. The van der Waals surface area contributed by atoms with Crippen LogP contribution in [0.3, 0.4) is 0 Å². The molecule has 0 saturated carbocycles. The molecule has 1 aromatic rings. The second kappa shape index (κ2) is 7.70. The van der Waals surface area contributed by atoms with Gasteiger partial charge in [-0.2, -0.15) is 0 Å². The number of hydrogen-bond acceptors (Lipinski definition) is 5. The number of carbonyl (C=O) groups is 1. The Balaban J connectivity index is 2.46. The molecule has 0 spiro atoms. The molecular weight excluding hydrogens is 300 g/mol.